The molecule has 4 rings (SSSR count). The molecule has 0 bridgehead atoms. The number of hydrogen-bond acceptors (Lipinski definition) is 8. The fraction of sp³-hybridized carbons (Fsp3) is 0.115. The minimum Gasteiger partial charge on any atom is -0.497 e. The van der Waals surface area contributed by atoms with Gasteiger partial charge in [0.2, 0.25) is 5.91 Å². The topological polar surface area (TPSA) is 123 Å². The molecule has 37 heavy (non-hydrogen) atoms. The van der Waals surface area contributed by atoms with Crippen molar-refractivity contribution >= 4 is 51.4 Å². The third kappa shape index (κ3) is 6.72. The van der Waals surface area contributed by atoms with E-state index in [0.29, 0.717) is 10.8 Å². The summed E-state index contributed by atoms with van der Waals surface area (Å²) in [5.41, 5.74) is 2.22. The van der Waals surface area contributed by atoms with Crippen LogP contribution in [0.1, 0.15) is 17.3 Å². The molecule has 0 saturated heterocycles. The fourth-order valence-electron chi connectivity index (χ4n) is 3.29. The van der Waals surface area contributed by atoms with Crippen molar-refractivity contribution in [3.05, 3.63) is 93.9 Å². The van der Waals surface area contributed by atoms with Gasteiger partial charge in [0.1, 0.15) is 5.75 Å². The molecule has 1 unspecified atom stereocenters. The molecular weight excluding hydrogens is 512 g/mol. The van der Waals surface area contributed by atoms with Crippen molar-refractivity contribution in [2.75, 3.05) is 17.7 Å². The predicted molar refractivity (Wildman–Crippen MR) is 146 cm³/mol. The zero-order valence-corrected chi connectivity index (χ0v) is 21.5. The molecule has 3 aromatic carbocycles. The van der Waals surface area contributed by atoms with E-state index in [1.165, 1.54) is 47.4 Å². The number of nitro benzene ring substituents is 1. The molecule has 0 aliphatic rings. The maximum absolute atomic E-state index is 12.7. The average molecular weight is 535 g/mol. The van der Waals surface area contributed by atoms with Crippen LogP contribution in [0.5, 0.6) is 5.75 Å². The van der Waals surface area contributed by atoms with E-state index in [2.05, 4.69) is 15.6 Å². The molecule has 11 heteroatoms. The van der Waals surface area contributed by atoms with E-state index in [-0.39, 0.29) is 17.2 Å². The Balaban J connectivity index is 1.32. The first-order valence-electron chi connectivity index (χ1n) is 11.1. The average Bonchev–Trinajstić information content (AvgIpc) is 3.38. The SMILES string of the molecule is COc1cccc(-c2csc(NC(=O)C(C)Sc3ccc(NC(=O)c4cccc([N+](=O)[O-])c4)cc3)n2)c1. The predicted octanol–water partition coefficient (Wildman–Crippen LogP) is 6.10. The summed E-state index contributed by atoms with van der Waals surface area (Å²) in [5, 5.41) is 18.5. The molecule has 2 N–H and O–H groups in total. The van der Waals surface area contributed by atoms with Gasteiger partial charge in [-0.2, -0.15) is 0 Å². The summed E-state index contributed by atoms with van der Waals surface area (Å²) < 4.78 is 5.25. The number of carbonyl (C=O) groups excluding carboxylic acids is 2. The van der Waals surface area contributed by atoms with Crippen LogP contribution in [0.2, 0.25) is 0 Å². The number of non-ortho nitro benzene ring substituents is 1. The highest BCUT2D eigenvalue weighted by molar-refractivity contribution is 8.00. The third-order valence-electron chi connectivity index (χ3n) is 5.21. The normalized spacial score (nSPS) is 11.4. The largest absolute Gasteiger partial charge is 0.497 e. The van der Waals surface area contributed by atoms with Crippen LogP contribution in [-0.2, 0) is 4.79 Å². The van der Waals surface area contributed by atoms with Crippen molar-refractivity contribution in [1.29, 1.82) is 0 Å². The Morgan fingerprint density at radius 2 is 1.81 bits per heavy atom. The number of benzene rings is 3. The van der Waals surface area contributed by atoms with Gasteiger partial charge in [-0.25, -0.2) is 4.98 Å². The number of methoxy groups -OCH3 is 1. The van der Waals surface area contributed by atoms with E-state index in [1.54, 1.807) is 38.3 Å². The van der Waals surface area contributed by atoms with Crippen LogP contribution in [-0.4, -0.2) is 34.1 Å². The van der Waals surface area contributed by atoms with Crippen molar-refractivity contribution in [2.24, 2.45) is 0 Å². The lowest BCUT2D eigenvalue weighted by molar-refractivity contribution is -0.384. The quantitative estimate of drug-likeness (QED) is 0.151. The number of nitrogens with zero attached hydrogens (tertiary/aromatic N) is 2. The lowest BCUT2D eigenvalue weighted by Gasteiger charge is -2.11. The molecule has 188 valence electrons. The van der Waals surface area contributed by atoms with Gasteiger partial charge in [-0.3, -0.25) is 19.7 Å². The number of nitro groups is 1. The van der Waals surface area contributed by atoms with Crippen LogP contribution in [0, 0.1) is 10.1 Å². The molecule has 9 nitrogen and oxygen atoms in total. The summed E-state index contributed by atoms with van der Waals surface area (Å²) in [4.78, 5) is 40.9. The molecule has 4 aromatic rings. The van der Waals surface area contributed by atoms with Crippen LogP contribution >= 0.6 is 23.1 Å². The molecule has 0 spiro atoms. The van der Waals surface area contributed by atoms with Crippen LogP contribution in [0.15, 0.2) is 83.1 Å². The van der Waals surface area contributed by atoms with Gasteiger partial charge in [0, 0.05) is 39.2 Å². The summed E-state index contributed by atoms with van der Waals surface area (Å²) in [5.74, 6) is 0.101. The number of nitrogens with one attached hydrogen (secondary N) is 2. The molecule has 1 aromatic heterocycles. The second-order valence-electron chi connectivity index (χ2n) is 7.81. The molecule has 0 fully saturated rings. The Hall–Kier alpha value is -4.22. The number of amides is 2. The second-order valence-corrected chi connectivity index (χ2v) is 10.1. The Morgan fingerprint density at radius 3 is 2.54 bits per heavy atom. The Morgan fingerprint density at radius 1 is 1.05 bits per heavy atom. The number of carbonyl (C=O) groups is 2. The van der Waals surface area contributed by atoms with Crippen molar-refractivity contribution in [1.82, 2.24) is 4.98 Å². The lowest BCUT2D eigenvalue weighted by Crippen LogP contribution is -2.22. The van der Waals surface area contributed by atoms with E-state index in [0.717, 1.165) is 21.9 Å². The van der Waals surface area contributed by atoms with Crippen LogP contribution < -0.4 is 15.4 Å². The zero-order chi connectivity index (χ0) is 26.4. The standard InChI is InChI=1S/C26H22N4O5S2/c1-16(24(31)29-26-28-23(15-36-26)17-5-4-8-21(14-17)35-2)37-22-11-9-19(10-12-22)27-25(32)18-6-3-7-20(13-18)30(33)34/h3-16H,1-2H3,(H,27,32)(H,28,29,31). The number of rotatable bonds is 9. The van der Waals surface area contributed by atoms with Gasteiger partial charge in [-0.1, -0.05) is 18.2 Å². The first kappa shape index (κ1) is 25.9. The summed E-state index contributed by atoms with van der Waals surface area (Å²) >= 11 is 2.72. The Bertz CT molecular complexity index is 1440. The van der Waals surface area contributed by atoms with Crippen molar-refractivity contribution < 1.29 is 19.2 Å². The van der Waals surface area contributed by atoms with Gasteiger partial charge >= 0.3 is 0 Å². The molecule has 0 aliphatic heterocycles. The van der Waals surface area contributed by atoms with E-state index < -0.39 is 16.1 Å². The second kappa shape index (κ2) is 11.7. The number of hydrogen-bond donors (Lipinski definition) is 2. The van der Waals surface area contributed by atoms with E-state index in [9.17, 15) is 19.7 Å². The van der Waals surface area contributed by atoms with Gasteiger partial charge in [-0.15, -0.1) is 23.1 Å². The monoisotopic (exact) mass is 534 g/mol. The maximum atomic E-state index is 12.7. The third-order valence-corrected chi connectivity index (χ3v) is 7.08. The number of ether oxygens (including phenoxy) is 1. The highest BCUT2D eigenvalue weighted by Gasteiger charge is 2.17. The van der Waals surface area contributed by atoms with Gasteiger partial charge < -0.3 is 15.4 Å². The molecule has 2 amide bonds. The summed E-state index contributed by atoms with van der Waals surface area (Å²) in [7, 11) is 1.61. The van der Waals surface area contributed by atoms with Crippen LogP contribution in [0.4, 0.5) is 16.5 Å². The van der Waals surface area contributed by atoms with Crippen molar-refractivity contribution in [2.45, 2.75) is 17.1 Å². The van der Waals surface area contributed by atoms with Gasteiger partial charge in [0.15, 0.2) is 5.13 Å². The molecule has 1 atom stereocenters. The van der Waals surface area contributed by atoms with Gasteiger partial charge in [0.25, 0.3) is 11.6 Å². The smallest absolute Gasteiger partial charge is 0.270 e. The summed E-state index contributed by atoms with van der Waals surface area (Å²) in [6, 6.07) is 20.1. The maximum Gasteiger partial charge on any atom is 0.270 e. The number of thiazole rings is 1. The molecule has 1 heterocycles. The van der Waals surface area contributed by atoms with E-state index in [1.807, 2.05) is 29.6 Å². The summed E-state index contributed by atoms with van der Waals surface area (Å²) in [6.45, 7) is 1.80. The molecule has 0 radical (unpaired) electrons. The van der Waals surface area contributed by atoms with Crippen LogP contribution in [0.3, 0.4) is 0 Å². The molecular formula is C26H22N4O5S2. The minimum absolute atomic E-state index is 0.152. The van der Waals surface area contributed by atoms with Crippen molar-refractivity contribution in [3.63, 3.8) is 0 Å². The number of anilines is 2. The molecule has 0 aliphatic carbocycles. The summed E-state index contributed by atoms with van der Waals surface area (Å²) in [6.07, 6.45) is 0. The van der Waals surface area contributed by atoms with E-state index >= 15 is 0 Å². The lowest BCUT2D eigenvalue weighted by atomic mass is 10.2. The van der Waals surface area contributed by atoms with Crippen LogP contribution in [0.25, 0.3) is 11.3 Å². The molecule has 0 saturated carbocycles. The van der Waals surface area contributed by atoms with Gasteiger partial charge in [0.05, 0.1) is 23.0 Å². The van der Waals surface area contributed by atoms with E-state index in [4.69, 9.17) is 4.74 Å². The van der Waals surface area contributed by atoms with Gasteiger partial charge in [-0.05, 0) is 49.4 Å². The minimum atomic E-state index is -0.547. The first-order chi connectivity index (χ1) is 17.8. The highest BCUT2D eigenvalue weighted by Crippen LogP contribution is 2.29. The number of thioether (sulfide) groups is 1. The Labute approximate surface area is 221 Å². The first-order valence-corrected chi connectivity index (χ1v) is 12.8. The van der Waals surface area contributed by atoms with Crippen molar-refractivity contribution in [3.8, 4) is 17.0 Å². The number of aromatic nitrogens is 1. The highest BCUT2D eigenvalue weighted by atomic mass is 32.2. The Kier molecular flexibility index (Phi) is 8.16. The zero-order valence-electron chi connectivity index (χ0n) is 19.8. The fourth-order valence-corrected chi connectivity index (χ4v) is 4.88.